The van der Waals surface area contributed by atoms with Gasteiger partial charge in [-0.1, -0.05) is 0 Å². The molecule has 0 radical (unpaired) electrons. The topological polar surface area (TPSA) is 142 Å². The normalized spacial score (nSPS) is 10.1. The van der Waals surface area contributed by atoms with E-state index in [1.54, 1.807) is 0 Å². The van der Waals surface area contributed by atoms with Gasteiger partial charge in [0.25, 0.3) is 11.8 Å². The molecule has 0 saturated heterocycles. The molecule has 2 aromatic heterocycles. The van der Waals surface area contributed by atoms with Gasteiger partial charge >= 0.3 is 5.97 Å². The summed E-state index contributed by atoms with van der Waals surface area (Å²) in [5.41, 5.74) is 4.78. The first kappa shape index (κ1) is 15.1. The molecule has 10 heteroatoms. The van der Waals surface area contributed by atoms with Crippen molar-refractivity contribution in [1.82, 2.24) is 19.7 Å². The Morgan fingerprint density at radius 3 is 2.45 bits per heavy atom. The van der Waals surface area contributed by atoms with E-state index in [-0.39, 0.29) is 22.9 Å². The summed E-state index contributed by atoms with van der Waals surface area (Å²) in [6.45, 7) is 0. The molecule has 2 heterocycles. The monoisotopic (exact) mass is 304 g/mol. The predicted molar refractivity (Wildman–Crippen MR) is 73.1 cm³/mol. The molecule has 22 heavy (non-hydrogen) atoms. The number of nitrogens with one attached hydrogen (secondary N) is 1. The molecular weight excluding hydrogens is 292 g/mol. The number of hydrogen-bond donors (Lipinski definition) is 2. The highest BCUT2D eigenvalue weighted by molar-refractivity contribution is 6.09. The van der Waals surface area contributed by atoms with E-state index in [1.165, 1.54) is 37.3 Å². The first-order valence-electron chi connectivity index (χ1n) is 5.98. The first-order valence-corrected chi connectivity index (χ1v) is 5.98. The minimum atomic E-state index is -0.880. The summed E-state index contributed by atoms with van der Waals surface area (Å²) < 4.78 is 5.82. The standard InChI is InChI=1S/C12H12N6O4/c1-18-6(12(21)22-2)5-7(17-18)16-11(20)9-8(10(13)19)14-3-4-15-9/h3-5H,1-2H3,(H2,13,19)(H,16,17,20). The van der Waals surface area contributed by atoms with Gasteiger partial charge in [0.05, 0.1) is 7.11 Å². The van der Waals surface area contributed by atoms with Gasteiger partial charge in [-0.05, 0) is 0 Å². The molecule has 0 aliphatic rings. The number of methoxy groups -OCH3 is 1. The van der Waals surface area contributed by atoms with Crippen molar-refractivity contribution in [3.8, 4) is 0 Å². The lowest BCUT2D eigenvalue weighted by Crippen LogP contribution is -2.23. The van der Waals surface area contributed by atoms with E-state index in [2.05, 4.69) is 25.1 Å². The average molecular weight is 304 g/mol. The Balaban J connectivity index is 2.27. The van der Waals surface area contributed by atoms with Crippen LogP contribution in [0.3, 0.4) is 0 Å². The van der Waals surface area contributed by atoms with Gasteiger partial charge in [0, 0.05) is 25.5 Å². The van der Waals surface area contributed by atoms with Crippen molar-refractivity contribution in [2.45, 2.75) is 0 Å². The van der Waals surface area contributed by atoms with E-state index < -0.39 is 17.8 Å². The van der Waals surface area contributed by atoms with E-state index >= 15 is 0 Å². The lowest BCUT2D eigenvalue weighted by molar-refractivity contribution is 0.0588. The second-order valence-corrected chi connectivity index (χ2v) is 4.10. The number of primary amides is 1. The van der Waals surface area contributed by atoms with Crippen LogP contribution in [-0.2, 0) is 11.8 Å². The number of carbonyl (C=O) groups is 3. The Morgan fingerprint density at radius 1 is 1.23 bits per heavy atom. The molecular formula is C12H12N6O4. The van der Waals surface area contributed by atoms with Crippen LogP contribution in [0.4, 0.5) is 5.82 Å². The summed E-state index contributed by atoms with van der Waals surface area (Å²) in [6.07, 6.45) is 2.49. The van der Waals surface area contributed by atoms with Gasteiger partial charge in [-0.2, -0.15) is 5.10 Å². The highest BCUT2D eigenvalue weighted by Crippen LogP contribution is 2.11. The molecule has 3 N–H and O–H groups in total. The minimum Gasteiger partial charge on any atom is -0.464 e. The Kier molecular flexibility index (Phi) is 4.11. The predicted octanol–water partition coefficient (Wildman–Crippen LogP) is -0.652. The number of anilines is 1. The summed E-state index contributed by atoms with van der Waals surface area (Å²) in [7, 11) is 2.74. The van der Waals surface area contributed by atoms with Crippen LogP contribution in [0.25, 0.3) is 0 Å². The summed E-state index contributed by atoms with van der Waals surface area (Å²) >= 11 is 0. The summed E-state index contributed by atoms with van der Waals surface area (Å²) in [6, 6.07) is 1.32. The van der Waals surface area contributed by atoms with Crippen molar-refractivity contribution < 1.29 is 19.1 Å². The van der Waals surface area contributed by atoms with Crippen LogP contribution in [0.2, 0.25) is 0 Å². The fraction of sp³-hybridized carbons (Fsp3) is 0.167. The number of hydrogen-bond acceptors (Lipinski definition) is 7. The van der Waals surface area contributed by atoms with Crippen LogP contribution in [-0.4, -0.2) is 44.6 Å². The summed E-state index contributed by atoms with van der Waals surface area (Å²) in [5, 5.41) is 6.34. The quantitative estimate of drug-likeness (QED) is 0.714. The second kappa shape index (κ2) is 5.99. The molecule has 0 spiro atoms. The van der Waals surface area contributed by atoms with Crippen molar-refractivity contribution in [3.05, 3.63) is 35.5 Å². The van der Waals surface area contributed by atoms with E-state index in [0.29, 0.717) is 0 Å². The zero-order valence-electron chi connectivity index (χ0n) is 11.7. The van der Waals surface area contributed by atoms with Crippen molar-refractivity contribution in [2.75, 3.05) is 12.4 Å². The Bertz CT molecular complexity index is 754. The number of esters is 1. The highest BCUT2D eigenvalue weighted by Gasteiger charge is 2.20. The van der Waals surface area contributed by atoms with Crippen LogP contribution in [0.5, 0.6) is 0 Å². The Labute approximate surface area is 124 Å². The zero-order chi connectivity index (χ0) is 16.3. The number of rotatable bonds is 4. The molecule has 2 amide bonds. The number of amides is 2. The number of nitrogens with two attached hydrogens (primary N) is 1. The van der Waals surface area contributed by atoms with Crippen LogP contribution < -0.4 is 11.1 Å². The lowest BCUT2D eigenvalue weighted by atomic mass is 10.2. The summed E-state index contributed by atoms with van der Waals surface area (Å²) in [4.78, 5) is 42.3. The fourth-order valence-electron chi connectivity index (χ4n) is 1.68. The molecule has 114 valence electrons. The largest absolute Gasteiger partial charge is 0.464 e. The van der Waals surface area contributed by atoms with Crippen LogP contribution in [0.1, 0.15) is 31.5 Å². The van der Waals surface area contributed by atoms with Gasteiger partial charge in [-0.25, -0.2) is 14.8 Å². The zero-order valence-corrected chi connectivity index (χ0v) is 11.7. The molecule has 2 aromatic rings. The van der Waals surface area contributed by atoms with Crippen LogP contribution in [0, 0.1) is 0 Å². The smallest absolute Gasteiger partial charge is 0.356 e. The summed E-state index contributed by atoms with van der Waals surface area (Å²) in [5.74, 6) is -2.12. The maximum absolute atomic E-state index is 12.1. The van der Waals surface area contributed by atoms with Crippen LogP contribution in [0.15, 0.2) is 18.5 Å². The Hall–Kier alpha value is -3.30. The molecule has 10 nitrogen and oxygen atoms in total. The van der Waals surface area contributed by atoms with Crippen molar-refractivity contribution in [3.63, 3.8) is 0 Å². The fourth-order valence-corrected chi connectivity index (χ4v) is 1.68. The minimum absolute atomic E-state index is 0.0916. The maximum atomic E-state index is 12.1. The number of ether oxygens (including phenoxy) is 1. The molecule has 0 atom stereocenters. The molecule has 0 aromatic carbocycles. The molecule has 0 fully saturated rings. The van der Waals surface area contributed by atoms with Gasteiger partial charge in [0.1, 0.15) is 5.69 Å². The highest BCUT2D eigenvalue weighted by atomic mass is 16.5. The number of carbonyl (C=O) groups excluding carboxylic acids is 3. The van der Waals surface area contributed by atoms with Gasteiger partial charge in [0.15, 0.2) is 17.2 Å². The van der Waals surface area contributed by atoms with E-state index in [0.717, 1.165) is 0 Å². The first-order chi connectivity index (χ1) is 10.4. The van der Waals surface area contributed by atoms with Crippen LogP contribution >= 0.6 is 0 Å². The van der Waals surface area contributed by atoms with Gasteiger partial charge in [0.2, 0.25) is 0 Å². The Morgan fingerprint density at radius 2 is 1.86 bits per heavy atom. The van der Waals surface area contributed by atoms with E-state index in [4.69, 9.17) is 5.73 Å². The molecule has 0 bridgehead atoms. The molecule has 2 rings (SSSR count). The molecule has 0 aliphatic carbocycles. The molecule has 0 saturated carbocycles. The number of aromatic nitrogens is 4. The van der Waals surface area contributed by atoms with Gasteiger partial charge in [-0.3, -0.25) is 14.3 Å². The van der Waals surface area contributed by atoms with Gasteiger partial charge < -0.3 is 15.8 Å². The molecule has 0 aliphatic heterocycles. The number of nitrogens with zero attached hydrogens (tertiary/aromatic N) is 4. The third-order valence-electron chi connectivity index (χ3n) is 2.66. The maximum Gasteiger partial charge on any atom is 0.356 e. The number of aryl methyl sites for hydroxylation is 1. The second-order valence-electron chi connectivity index (χ2n) is 4.10. The van der Waals surface area contributed by atoms with Crippen molar-refractivity contribution >= 4 is 23.6 Å². The third kappa shape index (κ3) is 2.90. The van der Waals surface area contributed by atoms with Crippen molar-refractivity contribution in [2.24, 2.45) is 12.8 Å². The SMILES string of the molecule is COC(=O)c1cc(NC(=O)c2nccnc2C(N)=O)nn1C. The third-order valence-corrected chi connectivity index (χ3v) is 2.66. The van der Waals surface area contributed by atoms with E-state index in [9.17, 15) is 14.4 Å². The van der Waals surface area contributed by atoms with Gasteiger partial charge in [-0.15, -0.1) is 0 Å². The van der Waals surface area contributed by atoms with E-state index in [1.807, 2.05) is 0 Å². The average Bonchev–Trinajstić information content (AvgIpc) is 2.86. The lowest BCUT2D eigenvalue weighted by Gasteiger charge is -2.03. The molecule has 0 unspecified atom stereocenters. The van der Waals surface area contributed by atoms with Crippen molar-refractivity contribution in [1.29, 1.82) is 0 Å².